The molecule has 0 aliphatic heterocycles. The standard InChI is InChI=1S/C9H12FN3/c1-6-2-7(6)3-12-9-5-11-4-8(10)13-9/h4-7H,2-3H2,1H3,(H,12,13). The van der Waals surface area contributed by atoms with Gasteiger partial charge >= 0.3 is 0 Å². The van der Waals surface area contributed by atoms with Crippen molar-refractivity contribution in [3.05, 3.63) is 18.3 Å². The van der Waals surface area contributed by atoms with Gasteiger partial charge in [-0.05, 0) is 18.3 Å². The van der Waals surface area contributed by atoms with Gasteiger partial charge in [0, 0.05) is 6.54 Å². The van der Waals surface area contributed by atoms with Crippen molar-refractivity contribution in [3.63, 3.8) is 0 Å². The van der Waals surface area contributed by atoms with E-state index in [0.717, 1.165) is 24.6 Å². The van der Waals surface area contributed by atoms with Gasteiger partial charge in [-0.25, -0.2) is 0 Å². The maximum Gasteiger partial charge on any atom is 0.233 e. The molecule has 0 saturated heterocycles. The first-order valence-electron chi connectivity index (χ1n) is 4.47. The molecule has 2 rings (SSSR count). The summed E-state index contributed by atoms with van der Waals surface area (Å²) in [6, 6.07) is 0. The number of nitrogens with zero attached hydrogens (tertiary/aromatic N) is 2. The first-order valence-corrected chi connectivity index (χ1v) is 4.47. The molecule has 0 aromatic carbocycles. The first kappa shape index (κ1) is 8.41. The van der Waals surface area contributed by atoms with Crippen molar-refractivity contribution in [1.29, 1.82) is 0 Å². The van der Waals surface area contributed by atoms with Crippen LogP contribution in [0.2, 0.25) is 0 Å². The van der Waals surface area contributed by atoms with Gasteiger partial charge < -0.3 is 5.32 Å². The highest BCUT2D eigenvalue weighted by Gasteiger charge is 2.31. The molecule has 13 heavy (non-hydrogen) atoms. The molecule has 70 valence electrons. The van der Waals surface area contributed by atoms with Gasteiger partial charge in [0.15, 0.2) is 0 Å². The molecule has 1 saturated carbocycles. The molecule has 0 bridgehead atoms. The van der Waals surface area contributed by atoms with Crippen molar-refractivity contribution in [2.24, 2.45) is 11.8 Å². The fourth-order valence-corrected chi connectivity index (χ4v) is 1.35. The molecule has 1 fully saturated rings. The molecule has 1 heterocycles. The quantitative estimate of drug-likeness (QED) is 0.771. The molecule has 1 aromatic heterocycles. The van der Waals surface area contributed by atoms with E-state index in [0.29, 0.717) is 5.82 Å². The van der Waals surface area contributed by atoms with Crippen molar-refractivity contribution >= 4 is 5.82 Å². The second kappa shape index (κ2) is 3.28. The average Bonchev–Trinajstić information content (AvgIpc) is 2.79. The minimum Gasteiger partial charge on any atom is -0.368 e. The monoisotopic (exact) mass is 181 g/mol. The number of anilines is 1. The van der Waals surface area contributed by atoms with Crippen molar-refractivity contribution in [2.75, 3.05) is 11.9 Å². The summed E-state index contributed by atoms with van der Waals surface area (Å²) in [5.74, 6) is 1.52. The zero-order valence-corrected chi connectivity index (χ0v) is 7.50. The van der Waals surface area contributed by atoms with Gasteiger partial charge in [0.1, 0.15) is 5.82 Å². The van der Waals surface area contributed by atoms with Crippen molar-refractivity contribution in [1.82, 2.24) is 9.97 Å². The lowest BCUT2D eigenvalue weighted by atomic mass is 10.3. The Kier molecular flexibility index (Phi) is 2.12. The summed E-state index contributed by atoms with van der Waals surface area (Å²) in [5, 5.41) is 3.06. The highest BCUT2D eigenvalue weighted by molar-refractivity contribution is 5.30. The minimum atomic E-state index is -0.533. The third-order valence-electron chi connectivity index (χ3n) is 2.43. The van der Waals surface area contributed by atoms with Gasteiger partial charge in [0.25, 0.3) is 0 Å². The van der Waals surface area contributed by atoms with Gasteiger partial charge in [0.2, 0.25) is 5.95 Å². The van der Waals surface area contributed by atoms with Crippen LogP contribution in [0.15, 0.2) is 12.4 Å². The van der Waals surface area contributed by atoms with Crippen LogP contribution < -0.4 is 5.32 Å². The molecule has 2 unspecified atom stereocenters. The van der Waals surface area contributed by atoms with Crippen LogP contribution in [0.4, 0.5) is 10.2 Å². The van der Waals surface area contributed by atoms with E-state index >= 15 is 0 Å². The Hall–Kier alpha value is -1.19. The van der Waals surface area contributed by atoms with Crippen LogP contribution in [0, 0.1) is 17.8 Å². The van der Waals surface area contributed by atoms with Crippen LogP contribution in [0.25, 0.3) is 0 Å². The molecule has 1 aliphatic carbocycles. The van der Waals surface area contributed by atoms with Crippen molar-refractivity contribution in [2.45, 2.75) is 13.3 Å². The second-order valence-corrected chi connectivity index (χ2v) is 3.58. The zero-order valence-electron chi connectivity index (χ0n) is 7.50. The number of hydrogen-bond donors (Lipinski definition) is 1. The Morgan fingerprint density at radius 2 is 2.38 bits per heavy atom. The fraction of sp³-hybridized carbons (Fsp3) is 0.556. The molecule has 1 N–H and O–H groups in total. The molecule has 3 nitrogen and oxygen atoms in total. The smallest absolute Gasteiger partial charge is 0.233 e. The lowest BCUT2D eigenvalue weighted by Crippen LogP contribution is -2.06. The molecule has 0 spiro atoms. The summed E-state index contributed by atoms with van der Waals surface area (Å²) in [4.78, 5) is 7.36. The van der Waals surface area contributed by atoms with Crippen LogP contribution in [0.3, 0.4) is 0 Å². The lowest BCUT2D eigenvalue weighted by Gasteiger charge is -2.02. The summed E-state index contributed by atoms with van der Waals surface area (Å²) < 4.78 is 12.6. The molecule has 4 heteroatoms. The Morgan fingerprint density at radius 3 is 3.00 bits per heavy atom. The highest BCUT2D eigenvalue weighted by Crippen LogP contribution is 2.37. The highest BCUT2D eigenvalue weighted by atomic mass is 19.1. The van der Waals surface area contributed by atoms with Gasteiger partial charge in [-0.3, -0.25) is 4.98 Å². The summed E-state index contributed by atoms with van der Waals surface area (Å²) in [7, 11) is 0. The van der Waals surface area contributed by atoms with Gasteiger partial charge in [-0.15, -0.1) is 0 Å². The molecule has 0 radical (unpaired) electrons. The number of hydrogen-bond acceptors (Lipinski definition) is 3. The Balaban J connectivity index is 1.87. The third kappa shape index (κ3) is 2.14. The SMILES string of the molecule is CC1CC1CNc1cncc(F)n1. The lowest BCUT2D eigenvalue weighted by molar-refractivity contribution is 0.577. The maximum atomic E-state index is 12.6. The van der Waals surface area contributed by atoms with Gasteiger partial charge in [0.05, 0.1) is 12.4 Å². The summed E-state index contributed by atoms with van der Waals surface area (Å²) >= 11 is 0. The molecule has 0 amide bonds. The van der Waals surface area contributed by atoms with E-state index in [2.05, 4.69) is 22.2 Å². The van der Waals surface area contributed by atoms with Crippen LogP contribution in [0.5, 0.6) is 0 Å². The topological polar surface area (TPSA) is 37.8 Å². The Labute approximate surface area is 76.4 Å². The van der Waals surface area contributed by atoms with E-state index in [1.807, 2.05) is 0 Å². The van der Waals surface area contributed by atoms with Crippen molar-refractivity contribution < 1.29 is 4.39 Å². The minimum absolute atomic E-state index is 0.527. The third-order valence-corrected chi connectivity index (χ3v) is 2.43. The van der Waals surface area contributed by atoms with Crippen LogP contribution in [-0.4, -0.2) is 16.5 Å². The number of aromatic nitrogens is 2. The van der Waals surface area contributed by atoms with Crippen molar-refractivity contribution in [3.8, 4) is 0 Å². The van der Waals surface area contributed by atoms with Gasteiger partial charge in [-0.1, -0.05) is 6.92 Å². The number of halogens is 1. The fourth-order valence-electron chi connectivity index (χ4n) is 1.35. The summed E-state index contributed by atoms with van der Waals surface area (Å²) in [5.41, 5.74) is 0. The van der Waals surface area contributed by atoms with E-state index in [-0.39, 0.29) is 0 Å². The Bertz CT molecular complexity index is 303. The first-order chi connectivity index (χ1) is 6.25. The summed E-state index contributed by atoms with van der Waals surface area (Å²) in [6.45, 7) is 3.09. The number of nitrogens with one attached hydrogen (secondary N) is 1. The molecular weight excluding hydrogens is 169 g/mol. The maximum absolute atomic E-state index is 12.6. The van der Waals surface area contributed by atoms with E-state index < -0.39 is 5.95 Å². The Morgan fingerprint density at radius 1 is 1.62 bits per heavy atom. The predicted octanol–water partition coefficient (Wildman–Crippen LogP) is 1.68. The number of rotatable bonds is 3. The molecule has 2 atom stereocenters. The van der Waals surface area contributed by atoms with Gasteiger partial charge in [-0.2, -0.15) is 9.37 Å². The molecule has 1 aliphatic rings. The van der Waals surface area contributed by atoms with Crippen LogP contribution in [-0.2, 0) is 0 Å². The molecule has 1 aromatic rings. The molecular formula is C9H12FN3. The van der Waals surface area contributed by atoms with Crippen LogP contribution in [0.1, 0.15) is 13.3 Å². The predicted molar refractivity (Wildman–Crippen MR) is 47.8 cm³/mol. The average molecular weight is 181 g/mol. The zero-order chi connectivity index (χ0) is 9.26. The van der Waals surface area contributed by atoms with E-state index in [1.165, 1.54) is 12.6 Å². The largest absolute Gasteiger partial charge is 0.368 e. The van der Waals surface area contributed by atoms with E-state index in [4.69, 9.17) is 0 Å². The van der Waals surface area contributed by atoms with E-state index in [1.54, 1.807) is 0 Å². The normalized spacial score (nSPS) is 25.7. The summed E-state index contributed by atoms with van der Waals surface area (Å²) in [6.07, 6.45) is 3.90. The van der Waals surface area contributed by atoms with Crippen LogP contribution >= 0.6 is 0 Å². The second-order valence-electron chi connectivity index (χ2n) is 3.58. The van der Waals surface area contributed by atoms with E-state index in [9.17, 15) is 4.39 Å².